The predicted molar refractivity (Wildman–Crippen MR) is 121 cm³/mol. The summed E-state index contributed by atoms with van der Waals surface area (Å²) in [6, 6.07) is 0. The summed E-state index contributed by atoms with van der Waals surface area (Å²) in [5, 5.41) is 0. The van der Waals surface area contributed by atoms with Crippen LogP contribution in [0.25, 0.3) is 0 Å². The number of rotatable bonds is 19. The Bertz CT molecular complexity index is 290. The Balaban J connectivity index is 3.38. The molecule has 3 unspecified atom stereocenters. The third-order valence-electron chi connectivity index (χ3n) is 5.83. The van der Waals surface area contributed by atoms with Gasteiger partial charge in [0.15, 0.2) is 0 Å². The van der Waals surface area contributed by atoms with Crippen LogP contribution in [0.3, 0.4) is 0 Å². The predicted octanol–water partition coefficient (Wildman–Crippen LogP) is 9.36. The normalized spacial score (nSPS) is 15.4. The summed E-state index contributed by atoms with van der Waals surface area (Å²) >= 11 is 0. The Morgan fingerprint density at radius 1 is 0.615 bits per heavy atom. The molecule has 0 amide bonds. The molecule has 0 aliphatic heterocycles. The van der Waals surface area contributed by atoms with E-state index in [0.717, 1.165) is 24.7 Å². The van der Waals surface area contributed by atoms with Crippen molar-refractivity contribution in [3.05, 3.63) is 26.0 Å². The zero-order valence-electron chi connectivity index (χ0n) is 18.6. The van der Waals surface area contributed by atoms with Crippen molar-refractivity contribution in [2.75, 3.05) is 0 Å². The molecule has 0 aromatic carbocycles. The second-order valence-electron chi connectivity index (χ2n) is 8.88. The minimum Gasteiger partial charge on any atom is -0.0883 e. The van der Waals surface area contributed by atoms with Gasteiger partial charge in [-0.3, -0.25) is 0 Å². The summed E-state index contributed by atoms with van der Waals surface area (Å²) in [6.45, 7) is 15.0. The molecule has 0 saturated heterocycles. The van der Waals surface area contributed by atoms with E-state index in [2.05, 4.69) is 46.8 Å². The fourth-order valence-corrected chi connectivity index (χ4v) is 3.65. The van der Waals surface area contributed by atoms with Gasteiger partial charge in [0, 0.05) is 0 Å². The van der Waals surface area contributed by atoms with Crippen LogP contribution in [-0.4, -0.2) is 0 Å². The molecule has 0 N–H and O–H groups in total. The van der Waals surface area contributed by atoms with Crippen molar-refractivity contribution >= 4 is 0 Å². The monoisotopic (exact) mass is 362 g/mol. The van der Waals surface area contributed by atoms with Gasteiger partial charge in [-0.2, -0.15) is 0 Å². The summed E-state index contributed by atoms with van der Waals surface area (Å²) in [5.74, 6) is 2.51. The molecule has 2 radical (unpaired) electrons. The maximum Gasteiger partial charge on any atom is -0.0262 e. The maximum atomic E-state index is 3.94. The Morgan fingerprint density at radius 3 is 1.58 bits per heavy atom. The van der Waals surface area contributed by atoms with E-state index in [-0.39, 0.29) is 0 Å². The molecule has 154 valence electrons. The average molecular weight is 363 g/mol. The molecular weight excluding hydrogens is 312 g/mol. The summed E-state index contributed by atoms with van der Waals surface area (Å²) in [7, 11) is 0. The first-order chi connectivity index (χ1) is 12.6. The van der Waals surface area contributed by atoms with Crippen LogP contribution >= 0.6 is 0 Å². The minimum atomic E-state index is 0.649. The molecule has 0 spiro atoms. The van der Waals surface area contributed by atoms with Crippen molar-refractivity contribution in [2.45, 2.75) is 124 Å². The number of hydrogen-bond acceptors (Lipinski definition) is 0. The van der Waals surface area contributed by atoms with Crippen LogP contribution in [0, 0.1) is 31.6 Å². The number of allylic oxidation sites excluding steroid dienone is 2. The molecule has 3 atom stereocenters. The van der Waals surface area contributed by atoms with E-state index in [1.165, 1.54) is 89.9 Å². The summed E-state index contributed by atoms with van der Waals surface area (Å²) in [4.78, 5) is 0. The second-order valence-corrected chi connectivity index (χ2v) is 8.88. The molecule has 0 aliphatic rings. The molecule has 0 aromatic rings. The van der Waals surface area contributed by atoms with Gasteiger partial charge >= 0.3 is 0 Å². The van der Waals surface area contributed by atoms with E-state index in [4.69, 9.17) is 0 Å². The molecule has 0 saturated carbocycles. The Hall–Kier alpha value is -0.260. The summed E-state index contributed by atoms with van der Waals surface area (Å²) < 4.78 is 0. The minimum absolute atomic E-state index is 0.649. The largest absolute Gasteiger partial charge is 0.0883 e. The van der Waals surface area contributed by atoms with Gasteiger partial charge in [0.2, 0.25) is 0 Å². The first kappa shape index (κ1) is 25.7. The van der Waals surface area contributed by atoms with E-state index >= 15 is 0 Å². The zero-order valence-corrected chi connectivity index (χ0v) is 18.6. The second kappa shape index (κ2) is 19.5. The smallest absolute Gasteiger partial charge is 0.0262 e. The number of hydrogen-bond donors (Lipinski definition) is 0. The van der Waals surface area contributed by atoms with Gasteiger partial charge in [0.1, 0.15) is 0 Å². The molecular formula is C26H50. The Labute approximate surface area is 167 Å². The SMILES string of the molecule is [CH2]CCCCCCC(C)CCCCC(C)CCCCC/C=C/C(C)C[CH2]. The van der Waals surface area contributed by atoms with Gasteiger partial charge in [-0.25, -0.2) is 0 Å². The Morgan fingerprint density at radius 2 is 1.08 bits per heavy atom. The zero-order chi connectivity index (χ0) is 19.5. The van der Waals surface area contributed by atoms with Gasteiger partial charge in [0.05, 0.1) is 0 Å². The molecule has 0 heteroatoms. The van der Waals surface area contributed by atoms with Gasteiger partial charge < -0.3 is 0 Å². The van der Waals surface area contributed by atoms with Crippen molar-refractivity contribution < 1.29 is 0 Å². The summed E-state index contributed by atoms with van der Waals surface area (Å²) in [6.07, 6.45) is 26.5. The third-order valence-corrected chi connectivity index (χ3v) is 5.83. The number of unbranched alkanes of at least 4 members (excludes halogenated alkanes) is 8. The lowest BCUT2D eigenvalue weighted by Crippen LogP contribution is -1.98. The summed E-state index contributed by atoms with van der Waals surface area (Å²) in [5.41, 5.74) is 0. The van der Waals surface area contributed by atoms with Crippen molar-refractivity contribution in [3.8, 4) is 0 Å². The van der Waals surface area contributed by atoms with Crippen LogP contribution < -0.4 is 0 Å². The topological polar surface area (TPSA) is 0 Å². The molecule has 0 bridgehead atoms. The van der Waals surface area contributed by atoms with Crippen molar-refractivity contribution in [2.24, 2.45) is 17.8 Å². The lowest BCUT2D eigenvalue weighted by Gasteiger charge is -2.13. The average Bonchev–Trinajstić information content (AvgIpc) is 2.64. The maximum absolute atomic E-state index is 3.94. The standard InChI is InChI=1S/C26H50/c1-6-8-9-11-15-20-25(4)22-17-18-23-26(5)21-16-13-10-12-14-19-24(3)7-2/h14,19,24-26H,1-2,6-13,15-18,20-23H2,3-5H3/b19-14+. The first-order valence-corrected chi connectivity index (χ1v) is 11.8. The van der Waals surface area contributed by atoms with Gasteiger partial charge in [-0.1, -0.05) is 130 Å². The van der Waals surface area contributed by atoms with E-state index in [0.29, 0.717) is 5.92 Å². The lowest BCUT2D eigenvalue weighted by molar-refractivity contribution is 0.402. The molecule has 26 heavy (non-hydrogen) atoms. The molecule has 0 rings (SSSR count). The third kappa shape index (κ3) is 18.5. The molecule has 0 nitrogen and oxygen atoms in total. The van der Waals surface area contributed by atoms with Crippen LogP contribution in [0.15, 0.2) is 12.2 Å². The highest BCUT2D eigenvalue weighted by Crippen LogP contribution is 2.21. The van der Waals surface area contributed by atoms with E-state index in [1.54, 1.807) is 0 Å². The lowest BCUT2D eigenvalue weighted by atomic mass is 9.93. The van der Waals surface area contributed by atoms with Gasteiger partial charge in [0.25, 0.3) is 0 Å². The van der Waals surface area contributed by atoms with Crippen LogP contribution in [0.2, 0.25) is 0 Å². The highest BCUT2D eigenvalue weighted by Gasteiger charge is 2.05. The van der Waals surface area contributed by atoms with Crippen LogP contribution in [0.5, 0.6) is 0 Å². The van der Waals surface area contributed by atoms with E-state index in [9.17, 15) is 0 Å². The fourth-order valence-electron chi connectivity index (χ4n) is 3.65. The van der Waals surface area contributed by atoms with Crippen LogP contribution in [-0.2, 0) is 0 Å². The van der Waals surface area contributed by atoms with Crippen molar-refractivity contribution in [1.29, 1.82) is 0 Å². The Kier molecular flexibility index (Phi) is 19.3. The van der Waals surface area contributed by atoms with Gasteiger partial charge in [-0.05, 0) is 37.0 Å². The molecule has 0 heterocycles. The van der Waals surface area contributed by atoms with Gasteiger partial charge in [-0.15, -0.1) is 0 Å². The molecule has 0 fully saturated rings. The van der Waals surface area contributed by atoms with Crippen LogP contribution in [0.1, 0.15) is 124 Å². The molecule has 0 aliphatic carbocycles. The van der Waals surface area contributed by atoms with E-state index in [1.807, 2.05) is 0 Å². The quantitative estimate of drug-likeness (QED) is 0.158. The highest BCUT2D eigenvalue weighted by atomic mass is 14.1. The van der Waals surface area contributed by atoms with Crippen molar-refractivity contribution in [3.63, 3.8) is 0 Å². The van der Waals surface area contributed by atoms with Crippen LogP contribution in [0.4, 0.5) is 0 Å². The molecule has 0 aromatic heterocycles. The highest BCUT2D eigenvalue weighted by molar-refractivity contribution is 4.86. The van der Waals surface area contributed by atoms with Crippen molar-refractivity contribution in [1.82, 2.24) is 0 Å². The van der Waals surface area contributed by atoms with E-state index < -0.39 is 0 Å². The first-order valence-electron chi connectivity index (χ1n) is 11.8. The fraction of sp³-hybridized carbons (Fsp3) is 0.846.